The number of carbonyl (C=O) groups excluding carboxylic acids is 2. The maximum absolute atomic E-state index is 12.2. The van der Waals surface area contributed by atoms with Crippen molar-refractivity contribution in [3.63, 3.8) is 0 Å². The van der Waals surface area contributed by atoms with Crippen molar-refractivity contribution in [2.45, 2.75) is 13.5 Å². The van der Waals surface area contributed by atoms with Crippen LogP contribution in [-0.4, -0.2) is 21.4 Å². The van der Waals surface area contributed by atoms with Gasteiger partial charge in [-0.3, -0.25) is 9.59 Å². The SMILES string of the molecule is Cc1c(C(=O)C(N)=O)c2cc(O)ccc2n1Cc1ccccc1. The lowest BCUT2D eigenvalue weighted by Gasteiger charge is -2.08. The molecule has 116 valence electrons. The summed E-state index contributed by atoms with van der Waals surface area (Å²) in [6, 6.07) is 14.6. The highest BCUT2D eigenvalue weighted by Crippen LogP contribution is 2.30. The largest absolute Gasteiger partial charge is 0.508 e. The fourth-order valence-corrected chi connectivity index (χ4v) is 2.85. The van der Waals surface area contributed by atoms with Gasteiger partial charge in [-0.2, -0.15) is 0 Å². The lowest BCUT2D eigenvalue weighted by Crippen LogP contribution is -2.23. The molecule has 3 rings (SSSR count). The Kier molecular flexibility index (Phi) is 3.62. The van der Waals surface area contributed by atoms with Gasteiger partial charge in [-0.05, 0) is 30.7 Å². The number of hydrogen-bond donors (Lipinski definition) is 2. The Hall–Kier alpha value is -3.08. The van der Waals surface area contributed by atoms with Crippen molar-refractivity contribution in [3.8, 4) is 5.75 Å². The number of fused-ring (bicyclic) bond motifs is 1. The third kappa shape index (κ3) is 2.57. The molecule has 0 radical (unpaired) electrons. The predicted molar refractivity (Wildman–Crippen MR) is 87.4 cm³/mol. The number of primary amides is 1. The number of benzene rings is 2. The summed E-state index contributed by atoms with van der Waals surface area (Å²) >= 11 is 0. The molecule has 0 fully saturated rings. The molecule has 0 aliphatic carbocycles. The van der Waals surface area contributed by atoms with Gasteiger partial charge in [0, 0.05) is 23.1 Å². The molecule has 5 heteroatoms. The molecule has 0 aliphatic rings. The molecule has 2 aromatic carbocycles. The highest BCUT2D eigenvalue weighted by atomic mass is 16.3. The zero-order valence-electron chi connectivity index (χ0n) is 12.6. The van der Waals surface area contributed by atoms with E-state index in [-0.39, 0.29) is 11.3 Å². The van der Waals surface area contributed by atoms with Crippen LogP contribution >= 0.6 is 0 Å². The number of nitrogens with two attached hydrogens (primary N) is 1. The summed E-state index contributed by atoms with van der Waals surface area (Å²) in [6.45, 7) is 2.33. The summed E-state index contributed by atoms with van der Waals surface area (Å²) in [5, 5.41) is 10.3. The van der Waals surface area contributed by atoms with Crippen LogP contribution in [0.4, 0.5) is 0 Å². The zero-order valence-corrected chi connectivity index (χ0v) is 12.6. The van der Waals surface area contributed by atoms with Crippen LogP contribution in [0.1, 0.15) is 21.6 Å². The molecule has 1 amide bonds. The number of nitrogens with zero attached hydrogens (tertiary/aromatic N) is 1. The fraction of sp³-hybridized carbons (Fsp3) is 0.111. The molecule has 0 saturated heterocycles. The minimum atomic E-state index is -1.00. The molecule has 0 aliphatic heterocycles. The summed E-state index contributed by atoms with van der Waals surface area (Å²) in [5.41, 5.74) is 7.91. The summed E-state index contributed by atoms with van der Waals surface area (Å²) in [6.07, 6.45) is 0. The van der Waals surface area contributed by atoms with Crippen LogP contribution in [0.15, 0.2) is 48.5 Å². The van der Waals surface area contributed by atoms with Crippen molar-refractivity contribution in [2.24, 2.45) is 5.73 Å². The van der Waals surface area contributed by atoms with Gasteiger partial charge >= 0.3 is 0 Å². The molecule has 0 bridgehead atoms. The number of phenolic OH excluding ortho intramolecular Hbond substituents is 1. The summed E-state index contributed by atoms with van der Waals surface area (Å²) < 4.78 is 1.94. The van der Waals surface area contributed by atoms with E-state index in [1.165, 1.54) is 6.07 Å². The first-order valence-electron chi connectivity index (χ1n) is 7.19. The van der Waals surface area contributed by atoms with Gasteiger partial charge in [0.15, 0.2) is 0 Å². The van der Waals surface area contributed by atoms with Gasteiger partial charge in [-0.1, -0.05) is 30.3 Å². The normalized spacial score (nSPS) is 10.8. The standard InChI is InChI=1S/C18H16N2O3/c1-11-16(17(22)18(19)23)14-9-13(21)7-8-15(14)20(11)10-12-5-3-2-4-6-12/h2-9,21H,10H2,1H3,(H2,19,23). The first-order valence-corrected chi connectivity index (χ1v) is 7.19. The molecule has 23 heavy (non-hydrogen) atoms. The number of aromatic hydroxyl groups is 1. The van der Waals surface area contributed by atoms with E-state index in [9.17, 15) is 14.7 Å². The van der Waals surface area contributed by atoms with Crippen molar-refractivity contribution in [1.82, 2.24) is 4.57 Å². The molecule has 1 aromatic heterocycles. The number of aromatic nitrogens is 1. The number of Topliss-reactive ketones (excluding diaryl/α,β-unsaturated/α-hetero) is 1. The Bertz CT molecular complexity index is 911. The first kappa shape index (κ1) is 14.8. The lowest BCUT2D eigenvalue weighted by atomic mass is 10.1. The van der Waals surface area contributed by atoms with Crippen LogP contribution in [0.5, 0.6) is 5.75 Å². The molecule has 0 saturated carbocycles. The number of carbonyl (C=O) groups is 2. The van der Waals surface area contributed by atoms with Crippen molar-refractivity contribution in [2.75, 3.05) is 0 Å². The van der Waals surface area contributed by atoms with Crippen LogP contribution < -0.4 is 5.73 Å². The van der Waals surface area contributed by atoms with E-state index < -0.39 is 11.7 Å². The Labute approximate surface area is 133 Å². The van der Waals surface area contributed by atoms with Crippen molar-refractivity contribution in [1.29, 1.82) is 0 Å². The van der Waals surface area contributed by atoms with Crippen LogP contribution in [0.25, 0.3) is 10.9 Å². The van der Waals surface area contributed by atoms with E-state index in [2.05, 4.69) is 0 Å². The van der Waals surface area contributed by atoms with E-state index in [1.54, 1.807) is 19.1 Å². The predicted octanol–water partition coefficient (Wildman–Crippen LogP) is 2.37. The van der Waals surface area contributed by atoms with E-state index in [1.807, 2.05) is 34.9 Å². The summed E-state index contributed by atoms with van der Waals surface area (Å²) in [4.78, 5) is 23.5. The Balaban J connectivity index is 2.24. The zero-order chi connectivity index (χ0) is 16.6. The third-order valence-electron chi connectivity index (χ3n) is 3.94. The van der Waals surface area contributed by atoms with Crippen molar-refractivity contribution >= 4 is 22.6 Å². The maximum atomic E-state index is 12.2. The van der Waals surface area contributed by atoms with Crippen molar-refractivity contribution in [3.05, 3.63) is 65.4 Å². The number of rotatable bonds is 4. The number of hydrogen-bond acceptors (Lipinski definition) is 3. The van der Waals surface area contributed by atoms with Gasteiger partial charge < -0.3 is 15.4 Å². The average Bonchev–Trinajstić information content (AvgIpc) is 2.79. The minimum absolute atomic E-state index is 0.0351. The monoisotopic (exact) mass is 308 g/mol. The second kappa shape index (κ2) is 5.61. The van der Waals surface area contributed by atoms with E-state index >= 15 is 0 Å². The van der Waals surface area contributed by atoms with E-state index in [0.29, 0.717) is 17.6 Å². The Morgan fingerprint density at radius 1 is 1.13 bits per heavy atom. The molecule has 0 atom stereocenters. The second-order valence-corrected chi connectivity index (χ2v) is 5.43. The molecular formula is C18H16N2O3. The molecule has 1 heterocycles. The van der Waals surface area contributed by atoms with Gasteiger partial charge in [0.1, 0.15) is 5.75 Å². The maximum Gasteiger partial charge on any atom is 0.289 e. The lowest BCUT2D eigenvalue weighted by molar-refractivity contribution is -0.114. The topological polar surface area (TPSA) is 85.3 Å². The second-order valence-electron chi connectivity index (χ2n) is 5.43. The van der Waals surface area contributed by atoms with Crippen LogP contribution in [0.2, 0.25) is 0 Å². The van der Waals surface area contributed by atoms with Gasteiger partial charge in [0.05, 0.1) is 5.56 Å². The first-order chi connectivity index (χ1) is 11.0. The molecule has 5 nitrogen and oxygen atoms in total. The van der Waals surface area contributed by atoms with E-state index in [4.69, 9.17) is 5.73 Å². The van der Waals surface area contributed by atoms with Gasteiger partial charge in [0.25, 0.3) is 11.7 Å². The number of amides is 1. The average molecular weight is 308 g/mol. The van der Waals surface area contributed by atoms with Gasteiger partial charge in [-0.15, -0.1) is 0 Å². The van der Waals surface area contributed by atoms with Crippen LogP contribution in [-0.2, 0) is 11.3 Å². The quantitative estimate of drug-likeness (QED) is 0.573. The smallest absolute Gasteiger partial charge is 0.289 e. The number of phenols is 1. The van der Waals surface area contributed by atoms with Gasteiger partial charge in [-0.25, -0.2) is 0 Å². The Morgan fingerprint density at radius 3 is 2.48 bits per heavy atom. The highest BCUT2D eigenvalue weighted by Gasteiger charge is 2.23. The summed E-state index contributed by atoms with van der Waals surface area (Å²) in [5.74, 6) is -1.71. The van der Waals surface area contributed by atoms with E-state index in [0.717, 1.165) is 11.1 Å². The summed E-state index contributed by atoms with van der Waals surface area (Å²) in [7, 11) is 0. The molecular weight excluding hydrogens is 292 g/mol. The third-order valence-corrected chi connectivity index (χ3v) is 3.94. The van der Waals surface area contributed by atoms with Crippen LogP contribution in [0, 0.1) is 6.92 Å². The van der Waals surface area contributed by atoms with Crippen molar-refractivity contribution < 1.29 is 14.7 Å². The van der Waals surface area contributed by atoms with Gasteiger partial charge in [0.2, 0.25) is 0 Å². The Morgan fingerprint density at radius 2 is 1.83 bits per heavy atom. The molecule has 0 spiro atoms. The van der Waals surface area contributed by atoms with Crippen LogP contribution in [0.3, 0.4) is 0 Å². The molecule has 0 unspecified atom stereocenters. The number of ketones is 1. The molecule has 3 aromatic rings. The molecule has 3 N–H and O–H groups in total. The fourth-order valence-electron chi connectivity index (χ4n) is 2.85. The highest BCUT2D eigenvalue weighted by molar-refractivity contribution is 6.44. The minimum Gasteiger partial charge on any atom is -0.508 e.